The number of aromatic nitrogens is 1. The number of benzene rings is 1. The third-order valence-electron chi connectivity index (χ3n) is 2.37. The highest BCUT2D eigenvalue weighted by Crippen LogP contribution is 2.15. The molecular formula is C14H14ClNO. The van der Waals surface area contributed by atoms with Gasteiger partial charge in [0.25, 0.3) is 0 Å². The maximum absolute atomic E-state index is 5.80. The van der Waals surface area contributed by atoms with Crippen LogP contribution >= 0.6 is 11.6 Å². The van der Waals surface area contributed by atoms with Gasteiger partial charge in [0.05, 0.1) is 0 Å². The smallest absolute Gasteiger partial charge is 0.214 e. The number of alkyl halides is 1. The molecule has 88 valence electrons. The summed E-state index contributed by atoms with van der Waals surface area (Å²) in [5.41, 5.74) is 3.08. The molecule has 0 atom stereocenters. The minimum atomic E-state index is 0.477. The van der Waals surface area contributed by atoms with Crippen molar-refractivity contribution in [1.29, 1.82) is 0 Å². The summed E-state index contributed by atoms with van der Waals surface area (Å²) in [6.07, 6.45) is 0. The normalized spacial score (nSPS) is 10.2. The van der Waals surface area contributed by atoms with E-state index in [4.69, 9.17) is 16.3 Å². The quantitative estimate of drug-likeness (QED) is 0.769. The van der Waals surface area contributed by atoms with E-state index in [1.54, 1.807) is 0 Å². The van der Waals surface area contributed by atoms with Crippen molar-refractivity contribution in [3.05, 3.63) is 59.3 Å². The molecule has 0 aliphatic carbocycles. The van der Waals surface area contributed by atoms with E-state index in [2.05, 4.69) is 4.98 Å². The zero-order valence-corrected chi connectivity index (χ0v) is 10.4. The van der Waals surface area contributed by atoms with Crippen LogP contribution < -0.4 is 4.74 Å². The highest BCUT2D eigenvalue weighted by Gasteiger charge is 2.01. The zero-order valence-electron chi connectivity index (χ0n) is 9.69. The van der Waals surface area contributed by atoms with Gasteiger partial charge in [0.1, 0.15) is 6.61 Å². The van der Waals surface area contributed by atoms with Gasteiger partial charge in [-0.25, -0.2) is 4.98 Å². The van der Waals surface area contributed by atoms with Gasteiger partial charge in [-0.05, 0) is 24.1 Å². The maximum atomic E-state index is 5.80. The predicted octanol–water partition coefficient (Wildman–Crippen LogP) is 3.71. The van der Waals surface area contributed by atoms with Crippen LogP contribution in [0.15, 0.2) is 42.5 Å². The molecule has 0 N–H and O–H groups in total. The van der Waals surface area contributed by atoms with Gasteiger partial charge in [0.2, 0.25) is 5.88 Å². The number of pyridine rings is 1. The third-order valence-corrected chi connectivity index (χ3v) is 2.68. The lowest BCUT2D eigenvalue weighted by Crippen LogP contribution is -1.98. The topological polar surface area (TPSA) is 22.1 Å². The van der Waals surface area contributed by atoms with E-state index < -0.39 is 0 Å². The summed E-state index contributed by atoms with van der Waals surface area (Å²) in [5.74, 6) is 1.11. The Morgan fingerprint density at radius 1 is 1.12 bits per heavy atom. The van der Waals surface area contributed by atoms with Crippen LogP contribution in [0.1, 0.15) is 16.8 Å². The summed E-state index contributed by atoms with van der Waals surface area (Å²) in [4.78, 5) is 4.32. The van der Waals surface area contributed by atoms with E-state index in [1.165, 1.54) is 0 Å². The number of hydrogen-bond acceptors (Lipinski definition) is 2. The first kappa shape index (κ1) is 11.9. The standard InChI is InChI=1S/C14H14ClNO/c1-11-7-13(9-15)8-14(16-11)17-10-12-5-3-2-4-6-12/h2-8H,9-10H2,1H3. The SMILES string of the molecule is Cc1cc(CCl)cc(OCc2ccccc2)n1. The molecule has 0 aliphatic rings. The molecule has 0 unspecified atom stereocenters. The van der Waals surface area contributed by atoms with Gasteiger partial charge in [-0.3, -0.25) is 0 Å². The molecule has 0 amide bonds. The number of ether oxygens (including phenoxy) is 1. The Labute approximate surface area is 106 Å². The van der Waals surface area contributed by atoms with Gasteiger partial charge in [-0.1, -0.05) is 30.3 Å². The first-order valence-corrected chi connectivity index (χ1v) is 6.01. The van der Waals surface area contributed by atoms with Crippen molar-refractivity contribution in [3.63, 3.8) is 0 Å². The van der Waals surface area contributed by atoms with E-state index in [0.717, 1.165) is 16.8 Å². The molecule has 2 aromatic rings. The summed E-state index contributed by atoms with van der Waals surface area (Å²) in [6, 6.07) is 13.9. The van der Waals surface area contributed by atoms with Crippen molar-refractivity contribution in [2.75, 3.05) is 0 Å². The average molecular weight is 248 g/mol. The van der Waals surface area contributed by atoms with Crippen molar-refractivity contribution in [2.24, 2.45) is 0 Å². The molecule has 0 radical (unpaired) electrons. The molecule has 0 aliphatic heterocycles. The van der Waals surface area contributed by atoms with Crippen LogP contribution in [0.25, 0.3) is 0 Å². The monoisotopic (exact) mass is 247 g/mol. The molecule has 2 rings (SSSR count). The van der Waals surface area contributed by atoms with Gasteiger partial charge in [0.15, 0.2) is 0 Å². The number of hydrogen-bond donors (Lipinski definition) is 0. The van der Waals surface area contributed by atoms with E-state index in [9.17, 15) is 0 Å². The second-order valence-corrected chi connectivity index (χ2v) is 4.13. The van der Waals surface area contributed by atoms with Crippen LogP contribution in [0, 0.1) is 6.92 Å². The lowest BCUT2D eigenvalue weighted by molar-refractivity contribution is 0.293. The van der Waals surface area contributed by atoms with Crippen LogP contribution in [0.2, 0.25) is 0 Å². The van der Waals surface area contributed by atoms with E-state index in [-0.39, 0.29) is 0 Å². The van der Waals surface area contributed by atoms with Crippen molar-refractivity contribution in [1.82, 2.24) is 4.98 Å². The van der Waals surface area contributed by atoms with E-state index >= 15 is 0 Å². The summed E-state index contributed by atoms with van der Waals surface area (Å²) < 4.78 is 5.65. The van der Waals surface area contributed by atoms with E-state index in [1.807, 2.05) is 49.4 Å². The van der Waals surface area contributed by atoms with Crippen LogP contribution in [0.3, 0.4) is 0 Å². The summed E-state index contributed by atoms with van der Waals surface area (Å²) >= 11 is 5.80. The Morgan fingerprint density at radius 3 is 2.59 bits per heavy atom. The van der Waals surface area contributed by atoms with E-state index in [0.29, 0.717) is 18.4 Å². The Kier molecular flexibility index (Phi) is 3.99. The lowest BCUT2D eigenvalue weighted by Gasteiger charge is -2.07. The highest BCUT2D eigenvalue weighted by molar-refractivity contribution is 6.17. The Hall–Kier alpha value is -1.54. The molecule has 3 heteroatoms. The second-order valence-electron chi connectivity index (χ2n) is 3.86. The molecular weight excluding hydrogens is 234 g/mol. The molecule has 1 aromatic carbocycles. The van der Waals surface area contributed by atoms with Crippen molar-refractivity contribution in [3.8, 4) is 5.88 Å². The fraction of sp³-hybridized carbons (Fsp3) is 0.214. The van der Waals surface area contributed by atoms with Gasteiger partial charge in [-0.15, -0.1) is 11.6 Å². The lowest BCUT2D eigenvalue weighted by atomic mass is 10.2. The van der Waals surface area contributed by atoms with Crippen LogP contribution in [-0.2, 0) is 12.5 Å². The summed E-state index contributed by atoms with van der Waals surface area (Å²) in [6.45, 7) is 2.46. The van der Waals surface area contributed by atoms with Gasteiger partial charge >= 0.3 is 0 Å². The Bertz CT molecular complexity index is 485. The largest absolute Gasteiger partial charge is 0.473 e. The van der Waals surface area contributed by atoms with Gasteiger partial charge in [0, 0.05) is 17.6 Å². The number of nitrogens with zero attached hydrogens (tertiary/aromatic N) is 1. The fourth-order valence-corrected chi connectivity index (χ4v) is 1.74. The predicted molar refractivity (Wildman–Crippen MR) is 69.3 cm³/mol. The molecule has 0 bridgehead atoms. The van der Waals surface area contributed by atoms with Crippen LogP contribution in [0.5, 0.6) is 5.88 Å². The van der Waals surface area contributed by atoms with Crippen LogP contribution in [0.4, 0.5) is 0 Å². The van der Waals surface area contributed by atoms with Crippen LogP contribution in [-0.4, -0.2) is 4.98 Å². The third kappa shape index (κ3) is 3.46. The molecule has 1 aromatic heterocycles. The van der Waals surface area contributed by atoms with Gasteiger partial charge in [-0.2, -0.15) is 0 Å². The molecule has 1 heterocycles. The zero-order chi connectivity index (χ0) is 12.1. The first-order valence-electron chi connectivity index (χ1n) is 5.48. The van der Waals surface area contributed by atoms with Crippen molar-refractivity contribution >= 4 is 11.6 Å². The molecule has 0 saturated heterocycles. The van der Waals surface area contributed by atoms with Crippen molar-refractivity contribution in [2.45, 2.75) is 19.4 Å². The molecule has 0 saturated carbocycles. The summed E-state index contributed by atoms with van der Waals surface area (Å²) in [7, 11) is 0. The molecule has 2 nitrogen and oxygen atoms in total. The molecule has 0 spiro atoms. The fourth-order valence-electron chi connectivity index (χ4n) is 1.59. The number of aryl methyl sites for hydroxylation is 1. The highest BCUT2D eigenvalue weighted by atomic mass is 35.5. The van der Waals surface area contributed by atoms with Gasteiger partial charge < -0.3 is 4.74 Å². The molecule has 17 heavy (non-hydrogen) atoms. The second kappa shape index (κ2) is 5.69. The minimum absolute atomic E-state index is 0.477. The Morgan fingerprint density at radius 2 is 1.88 bits per heavy atom. The van der Waals surface area contributed by atoms with Crippen molar-refractivity contribution < 1.29 is 4.74 Å². The minimum Gasteiger partial charge on any atom is -0.473 e. The maximum Gasteiger partial charge on any atom is 0.214 e. The Balaban J connectivity index is 2.06. The average Bonchev–Trinajstić information content (AvgIpc) is 2.37. The summed E-state index contributed by atoms with van der Waals surface area (Å²) in [5, 5.41) is 0. The molecule has 0 fully saturated rings. The number of rotatable bonds is 4. The number of halogens is 1. The first-order chi connectivity index (χ1) is 8.28.